The van der Waals surface area contributed by atoms with Gasteiger partial charge >= 0.3 is 5.97 Å². The Morgan fingerprint density at radius 3 is 2.72 bits per heavy atom. The van der Waals surface area contributed by atoms with Gasteiger partial charge in [-0.25, -0.2) is 9.48 Å². The minimum Gasteiger partial charge on any atom is -0.476 e. The molecule has 0 aliphatic rings. The summed E-state index contributed by atoms with van der Waals surface area (Å²) >= 11 is 13.8. The molecule has 0 aliphatic heterocycles. The number of aromatic nitrogens is 2. The number of rotatable bonds is 5. The van der Waals surface area contributed by atoms with Crippen molar-refractivity contribution in [3.63, 3.8) is 0 Å². The molecule has 0 aliphatic carbocycles. The highest BCUT2D eigenvalue weighted by atomic mass is 35.5. The van der Waals surface area contributed by atoms with Crippen molar-refractivity contribution < 1.29 is 14.6 Å². The van der Waals surface area contributed by atoms with E-state index in [0.29, 0.717) is 33.6 Å². The van der Waals surface area contributed by atoms with Crippen molar-refractivity contribution in [2.75, 3.05) is 6.61 Å². The van der Waals surface area contributed by atoms with Gasteiger partial charge in [0.15, 0.2) is 5.69 Å². The Hall–Kier alpha value is -2.30. The molecule has 2 aromatic heterocycles. The van der Waals surface area contributed by atoms with E-state index in [0.717, 1.165) is 9.75 Å². The fraction of sp³-hybridized carbons (Fsp3) is 0.238. The molecule has 0 radical (unpaired) electrons. The quantitative estimate of drug-likeness (QED) is 0.509. The van der Waals surface area contributed by atoms with E-state index in [1.807, 2.05) is 26.0 Å². The number of ether oxygens (including phenoxy) is 1. The van der Waals surface area contributed by atoms with E-state index in [9.17, 15) is 9.90 Å². The second-order valence-corrected chi connectivity index (χ2v) is 8.39. The first-order valence-corrected chi connectivity index (χ1v) is 10.3. The first-order chi connectivity index (χ1) is 13.8. The lowest BCUT2D eigenvalue weighted by molar-refractivity contribution is 0.0689. The van der Waals surface area contributed by atoms with E-state index in [1.165, 1.54) is 11.3 Å². The summed E-state index contributed by atoms with van der Waals surface area (Å²) in [6.07, 6.45) is 0.124. The maximum Gasteiger partial charge on any atom is 0.356 e. The van der Waals surface area contributed by atoms with Crippen molar-refractivity contribution in [1.29, 1.82) is 0 Å². The van der Waals surface area contributed by atoms with Crippen molar-refractivity contribution in [1.82, 2.24) is 9.78 Å². The van der Waals surface area contributed by atoms with Crippen LogP contribution in [0.3, 0.4) is 0 Å². The number of hydrogen-bond donors (Lipinski definition) is 1. The minimum absolute atomic E-state index is 0.0302. The number of thiophene rings is 1. The summed E-state index contributed by atoms with van der Waals surface area (Å²) in [6.45, 7) is 5.99. The summed E-state index contributed by atoms with van der Waals surface area (Å²) in [4.78, 5) is 13.3. The van der Waals surface area contributed by atoms with Gasteiger partial charge in [0.1, 0.15) is 6.61 Å². The molecule has 29 heavy (non-hydrogen) atoms. The normalized spacial score (nSPS) is 10.8. The van der Waals surface area contributed by atoms with E-state index in [4.69, 9.17) is 27.9 Å². The molecule has 0 saturated carbocycles. The zero-order valence-corrected chi connectivity index (χ0v) is 18.3. The summed E-state index contributed by atoms with van der Waals surface area (Å²) < 4.78 is 6.97. The van der Waals surface area contributed by atoms with Gasteiger partial charge in [-0.2, -0.15) is 5.10 Å². The smallest absolute Gasteiger partial charge is 0.356 e. The summed E-state index contributed by atoms with van der Waals surface area (Å²) in [5.41, 5.74) is 1.72. The van der Waals surface area contributed by atoms with Crippen molar-refractivity contribution in [2.45, 2.75) is 26.9 Å². The zero-order chi connectivity index (χ0) is 21.1. The first-order valence-electron chi connectivity index (χ1n) is 8.77. The molecule has 150 valence electrons. The van der Waals surface area contributed by atoms with Crippen LogP contribution in [-0.4, -0.2) is 33.6 Å². The third-order valence-electron chi connectivity index (χ3n) is 4.00. The molecule has 3 aromatic rings. The van der Waals surface area contributed by atoms with Crippen LogP contribution in [0.4, 0.5) is 0 Å². The van der Waals surface area contributed by atoms with Crippen molar-refractivity contribution >= 4 is 40.5 Å². The molecule has 8 heteroatoms. The Morgan fingerprint density at radius 2 is 2.07 bits per heavy atom. The van der Waals surface area contributed by atoms with Crippen molar-refractivity contribution in [3.8, 4) is 28.1 Å². The highest BCUT2D eigenvalue weighted by Crippen LogP contribution is 2.36. The lowest BCUT2D eigenvalue weighted by Gasteiger charge is -2.09. The van der Waals surface area contributed by atoms with Crippen LogP contribution in [0.1, 0.15) is 34.8 Å². The van der Waals surface area contributed by atoms with Crippen LogP contribution in [0.25, 0.3) is 16.3 Å². The van der Waals surface area contributed by atoms with Crippen LogP contribution in [-0.2, 0) is 4.74 Å². The van der Waals surface area contributed by atoms with Gasteiger partial charge < -0.3 is 9.84 Å². The topological polar surface area (TPSA) is 64.3 Å². The molecular weight excluding hydrogens is 431 g/mol. The molecule has 1 aromatic carbocycles. The van der Waals surface area contributed by atoms with Crippen LogP contribution in [0.5, 0.6) is 0 Å². The predicted molar refractivity (Wildman–Crippen MR) is 117 cm³/mol. The highest BCUT2D eigenvalue weighted by Gasteiger charge is 2.23. The van der Waals surface area contributed by atoms with E-state index in [1.54, 1.807) is 29.8 Å². The molecule has 5 nitrogen and oxygen atoms in total. The Morgan fingerprint density at radius 1 is 1.31 bits per heavy atom. The van der Waals surface area contributed by atoms with E-state index in [-0.39, 0.29) is 11.8 Å². The molecule has 2 heterocycles. The Kier molecular flexibility index (Phi) is 6.66. The number of carbonyl (C=O) groups is 1. The summed E-state index contributed by atoms with van der Waals surface area (Å²) in [5, 5.41) is 14.7. The van der Waals surface area contributed by atoms with Gasteiger partial charge in [-0.3, -0.25) is 0 Å². The van der Waals surface area contributed by atoms with Gasteiger partial charge in [-0.1, -0.05) is 35.0 Å². The molecule has 0 saturated heterocycles. The second kappa shape index (κ2) is 9.02. The van der Waals surface area contributed by atoms with Gasteiger partial charge in [-0.15, -0.1) is 11.3 Å². The molecule has 0 spiro atoms. The molecule has 0 bridgehead atoms. The number of halogens is 2. The van der Waals surface area contributed by atoms with E-state index < -0.39 is 5.97 Å². The lowest BCUT2D eigenvalue weighted by atomic mass is 10.1. The number of carboxylic acids is 1. The average Bonchev–Trinajstić information content (AvgIpc) is 3.23. The van der Waals surface area contributed by atoms with Gasteiger partial charge in [0.05, 0.1) is 32.3 Å². The average molecular weight is 449 g/mol. The van der Waals surface area contributed by atoms with Crippen LogP contribution < -0.4 is 0 Å². The second-order valence-electron chi connectivity index (χ2n) is 6.46. The molecule has 3 rings (SSSR count). The Bertz CT molecular complexity index is 1120. The molecule has 0 unspecified atom stereocenters. The number of hydrogen-bond acceptors (Lipinski definition) is 4. The van der Waals surface area contributed by atoms with Gasteiger partial charge in [0.25, 0.3) is 0 Å². The zero-order valence-electron chi connectivity index (χ0n) is 16.0. The molecule has 1 N–H and O–H groups in total. The van der Waals surface area contributed by atoms with Crippen LogP contribution in [0.2, 0.25) is 10.0 Å². The van der Waals surface area contributed by atoms with Crippen molar-refractivity contribution in [3.05, 3.63) is 56.5 Å². The van der Waals surface area contributed by atoms with Gasteiger partial charge in [0, 0.05) is 10.6 Å². The maximum absolute atomic E-state index is 11.7. The SMILES string of the molecule is Cc1c(C(=O)O)nn(-c2ccc(Cl)cc2Cl)c1-c1ccc(C#CCOC(C)C)s1. The maximum atomic E-state index is 11.7. The van der Waals surface area contributed by atoms with Crippen LogP contribution in [0, 0.1) is 18.8 Å². The van der Waals surface area contributed by atoms with E-state index in [2.05, 4.69) is 16.9 Å². The Balaban J connectivity index is 2.06. The fourth-order valence-corrected chi connectivity index (χ4v) is 4.14. The molecular formula is C21H18Cl2N2O3S. The standard InChI is InChI=1S/C21H18Cl2N2O3S/c1-12(2)28-10-4-5-15-7-9-18(29-15)20-13(3)19(21(26)27)24-25(20)17-8-6-14(22)11-16(17)23/h6-9,11-12H,10H2,1-3H3,(H,26,27). The summed E-state index contributed by atoms with van der Waals surface area (Å²) in [7, 11) is 0. The highest BCUT2D eigenvalue weighted by molar-refractivity contribution is 7.16. The number of nitrogens with zero attached hydrogens (tertiary/aromatic N) is 2. The third-order valence-corrected chi connectivity index (χ3v) is 5.55. The van der Waals surface area contributed by atoms with Crippen LogP contribution >= 0.6 is 34.5 Å². The van der Waals surface area contributed by atoms with Gasteiger partial charge in [-0.05, 0) is 51.1 Å². The van der Waals surface area contributed by atoms with E-state index >= 15 is 0 Å². The van der Waals surface area contributed by atoms with Crippen molar-refractivity contribution in [2.24, 2.45) is 0 Å². The van der Waals surface area contributed by atoms with Crippen LogP contribution in [0.15, 0.2) is 30.3 Å². The number of aromatic carboxylic acids is 1. The lowest BCUT2D eigenvalue weighted by Crippen LogP contribution is -2.02. The van der Waals surface area contributed by atoms with Gasteiger partial charge in [0.2, 0.25) is 0 Å². The fourth-order valence-electron chi connectivity index (χ4n) is 2.68. The first kappa shape index (κ1) is 21.4. The minimum atomic E-state index is -1.10. The molecule has 0 fully saturated rings. The monoisotopic (exact) mass is 448 g/mol. The summed E-state index contributed by atoms with van der Waals surface area (Å²) in [5.74, 6) is 4.95. The predicted octanol–water partition coefficient (Wildman–Crippen LogP) is 5.69. The largest absolute Gasteiger partial charge is 0.476 e. The Labute approximate surface area is 182 Å². The number of benzene rings is 1. The number of carboxylic acid groups (broad SMARTS) is 1. The molecule has 0 amide bonds. The molecule has 0 atom stereocenters. The third kappa shape index (κ3) is 4.82. The summed E-state index contributed by atoms with van der Waals surface area (Å²) in [6, 6.07) is 8.78.